The van der Waals surface area contributed by atoms with Gasteiger partial charge in [-0.2, -0.15) is 0 Å². The molecule has 3 aromatic rings. The van der Waals surface area contributed by atoms with Gasteiger partial charge in [0.15, 0.2) is 0 Å². The molecule has 3 rings (SSSR count). The van der Waals surface area contributed by atoms with Crippen LogP contribution in [0.3, 0.4) is 0 Å². The number of H-pyrrole nitrogens is 1. The van der Waals surface area contributed by atoms with Crippen molar-refractivity contribution in [3.63, 3.8) is 0 Å². The van der Waals surface area contributed by atoms with Crippen LogP contribution in [0, 0.1) is 13.8 Å². The largest absolute Gasteiger partial charge is 0.354 e. The molecule has 0 aliphatic rings. The van der Waals surface area contributed by atoms with Crippen molar-refractivity contribution in [3.05, 3.63) is 108 Å². The standard InChI is InChI=1S/C28H29N/c1-7-11-13-21(9-3)23-15-19(5)27-25(17-23)26-18-24(16-20(6)28(26)29-27)22(10-4)14-12-8-2/h7-18,29H,1,4H2,2-3,5-6H3/b12-8-,13-11-,21-9+,22-14+. The van der Waals surface area contributed by atoms with Crippen LogP contribution >= 0.6 is 0 Å². The smallest absolute Gasteiger partial charge is 0.0495 e. The first-order valence-electron chi connectivity index (χ1n) is 10.0. The average molecular weight is 380 g/mol. The van der Waals surface area contributed by atoms with Gasteiger partial charge >= 0.3 is 0 Å². The zero-order valence-electron chi connectivity index (χ0n) is 17.8. The molecular formula is C28H29N. The summed E-state index contributed by atoms with van der Waals surface area (Å²) in [6, 6.07) is 9.04. The van der Waals surface area contributed by atoms with E-state index in [-0.39, 0.29) is 0 Å². The molecule has 0 radical (unpaired) electrons. The normalized spacial score (nSPS) is 13.2. The van der Waals surface area contributed by atoms with Crippen LogP contribution in [0.2, 0.25) is 0 Å². The Morgan fingerprint density at radius 2 is 1.41 bits per heavy atom. The van der Waals surface area contributed by atoms with Crippen LogP contribution < -0.4 is 0 Å². The van der Waals surface area contributed by atoms with Gasteiger partial charge in [0.2, 0.25) is 0 Å². The van der Waals surface area contributed by atoms with Crippen molar-refractivity contribution >= 4 is 33.0 Å². The zero-order chi connectivity index (χ0) is 21.0. The van der Waals surface area contributed by atoms with E-state index in [1.54, 1.807) is 0 Å². The summed E-state index contributed by atoms with van der Waals surface area (Å²) >= 11 is 0. The third kappa shape index (κ3) is 3.95. The number of aromatic nitrogens is 1. The van der Waals surface area contributed by atoms with Crippen LogP contribution in [0.25, 0.3) is 33.0 Å². The van der Waals surface area contributed by atoms with E-state index < -0.39 is 0 Å². The predicted molar refractivity (Wildman–Crippen MR) is 131 cm³/mol. The average Bonchev–Trinajstić information content (AvgIpc) is 3.09. The van der Waals surface area contributed by atoms with Crippen LogP contribution in [0.15, 0.2) is 86.0 Å². The van der Waals surface area contributed by atoms with E-state index in [9.17, 15) is 0 Å². The Labute approximate surface area is 174 Å². The zero-order valence-corrected chi connectivity index (χ0v) is 17.8. The third-order valence-corrected chi connectivity index (χ3v) is 5.29. The number of allylic oxidation sites excluding steroid dienone is 10. The lowest BCUT2D eigenvalue weighted by molar-refractivity contribution is 1.41. The number of fused-ring (bicyclic) bond motifs is 3. The van der Waals surface area contributed by atoms with Gasteiger partial charge in [-0.15, -0.1) is 0 Å². The van der Waals surface area contributed by atoms with Crippen LogP contribution in [0.1, 0.15) is 36.1 Å². The fourth-order valence-electron chi connectivity index (χ4n) is 3.80. The Hall–Kier alpha value is -3.32. The van der Waals surface area contributed by atoms with E-state index in [1.165, 1.54) is 49.6 Å². The highest BCUT2D eigenvalue weighted by atomic mass is 14.7. The van der Waals surface area contributed by atoms with Gasteiger partial charge in [0.05, 0.1) is 0 Å². The minimum absolute atomic E-state index is 1.12. The van der Waals surface area contributed by atoms with Crippen molar-refractivity contribution in [1.82, 2.24) is 4.98 Å². The van der Waals surface area contributed by atoms with Gasteiger partial charge in [-0.05, 0) is 85.4 Å². The van der Waals surface area contributed by atoms with Crippen molar-refractivity contribution in [2.45, 2.75) is 27.7 Å². The van der Waals surface area contributed by atoms with Gasteiger partial charge in [-0.3, -0.25) is 0 Å². The summed E-state index contributed by atoms with van der Waals surface area (Å²) in [5.41, 5.74) is 9.59. The first kappa shape index (κ1) is 20.4. The van der Waals surface area contributed by atoms with Crippen LogP contribution in [-0.4, -0.2) is 4.98 Å². The molecule has 1 aromatic heterocycles. The number of benzene rings is 2. The van der Waals surface area contributed by atoms with E-state index in [0.717, 1.165) is 5.57 Å². The predicted octanol–water partition coefficient (Wildman–Crippen LogP) is 8.23. The molecule has 2 aromatic carbocycles. The maximum absolute atomic E-state index is 4.01. The second-order valence-electron chi connectivity index (χ2n) is 7.25. The van der Waals surface area contributed by atoms with Crippen LogP contribution in [-0.2, 0) is 0 Å². The fraction of sp³-hybridized carbons (Fsp3) is 0.143. The molecule has 1 heteroatoms. The molecule has 0 unspecified atom stereocenters. The Kier molecular flexibility index (Phi) is 6.19. The fourth-order valence-corrected chi connectivity index (χ4v) is 3.80. The number of hydrogen-bond donors (Lipinski definition) is 1. The Morgan fingerprint density at radius 1 is 0.828 bits per heavy atom. The summed E-state index contributed by atoms with van der Waals surface area (Å²) in [6.45, 7) is 16.2. The van der Waals surface area contributed by atoms with Crippen molar-refractivity contribution in [2.75, 3.05) is 0 Å². The molecule has 0 aliphatic heterocycles. The lowest BCUT2D eigenvalue weighted by Gasteiger charge is -2.07. The Morgan fingerprint density at radius 3 is 1.90 bits per heavy atom. The SMILES string of the molecule is C=C/C=C\C(=C/C)c1cc(C)c2[nH]c3c(C)cc(/C(C=C)=C/C=C\C)cc3c2c1. The molecule has 0 atom stereocenters. The van der Waals surface area contributed by atoms with Gasteiger partial charge in [-0.1, -0.05) is 61.8 Å². The molecule has 1 heterocycles. The summed E-state index contributed by atoms with van der Waals surface area (Å²) in [6.07, 6.45) is 16.2. The number of aryl methyl sites for hydroxylation is 2. The minimum atomic E-state index is 1.12. The number of nitrogens with one attached hydrogen (secondary N) is 1. The summed E-state index contributed by atoms with van der Waals surface area (Å²) < 4.78 is 0. The first-order chi connectivity index (χ1) is 14.0. The number of rotatable bonds is 6. The van der Waals surface area contributed by atoms with Gasteiger partial charge in [0, 0.05) is 21.8 Å². The number of hydrogen-bond acceptors (Lipinski definition) is 0. The molecule has 0 amide bonds. The van der Waals surface area contributed by atoms with Crippen molar-refractivity contribution in [1.29, 1.82) is 0 Å². The third-order valence-electron chi connectivity index (χ3n) is 5.29. The van der Waals surface area contributed by atoms with Gasteiger partial charge in [0.25, 0.3) is 0 Å². The molecule has 0 fully saturated rings. The van der Waals surface area contributed by atoms with Gasteiger partial charge < -0.3 is 4.98 Å². The van der Waals surface area contributed by atoms with Crippen LogP contribution in [0.4, 0.5) is 0 Å². The second-order valence-corrected chi connectivity index (χ2v) is 7.25. The molecule has 146 valence electrons. The summed E-state index contributed by atoms with van der Waals surface area (Å²) in [5, 5.41) is 2.50. The van der Waals surface area contributed by atoms with E-state index >= 15 is 0 Å². The molecule has 1 N–H and O–H groups in total. The lowest BCUT2D eigenvalue weighted by atomic mass is 9.96. The molecule has 0 bridgehead atoms. The molecular weight excluding hydrogens is 350 g/mol. The summed E-state index contributed by atoms with van der Waals surface area (Å²) in [5.74, 6) is 0. The van der Waals surface area contributed by atoms with E-state index in [2.05, 4.69) is 87.5 Å². The highest BCUT2D eigenvalue weighted by Gasteiger charge is 2.13. The topological polar surface area (TPSA) is 15.8 Å². The molecule has 0 spiro atoms. The molecule has 1 nitrogen and oxygen atoms in total. The lowest BCUT2D eigenvalue weighted by Crippen LogP contribution is -1.85. The molecule has 0 saturated carbocycles. The van der Waals surface area contributed by atoms with Gasteiger partial charge in [0.1, 0.15) is 0 Å². The summed E-state index contributed by atoms with van der Waals surface area (Å²) in [7, 11) is 0. The number of aromatic amines is 1. The minimum Gasteiger partial charge on any atom is -0.354 e. The highest BCUT2D eigenvalue weighted by Crippen LogP contribution is 2.34. The van der Waals surface area contributed by atoms with Crippen LogP contribution in [0.5, 0.6) is 0 Å². The maximum Gasteiger partial charge on any atom is 0.0495 e. The quantitative estimate of drug-likeness (QED) is 0.415. The van der Waals surface area contributed by atoms with Crippen molar-refractivity contribution in [2.24, 2.45) is 0 Å². The van der Waals surface area contributed by atoms with Crippen molar-refractivity contribution in [3.8, 4) is 0 Å². The molecule has 29 heavy (non-hydrogen) atoms. The monoisotopic (exact) mass is 379 g/mol. The van der Waals surface area contributed by atoms with E-state index in [1.807, 2.05) is 31.2 Å². The van der Waals surface area contributed by atoms with Crippen molar-refractivity contribution < 1.29 is 0 Å². The van der Waals surface area contributed by atoms with E-state index in [4.69, 9.17) is 0 Å². The first-order valence-corrected chi connectivity index (χ1v) is 10.0. The van der Waals surface area contributed by atoms with E-state index in [0.29, 0.717) is 0 Å². The molecule has 0 aliphatic carbocycles. The Balaban J connectivity index is 2.32. The van der Waals surface area contributed by atoms with Gasteiger partial charge in [-0.25, -0.2) is 0 Å². The Bertz CT molecular complexity index is 1210. The maximum atomic E-state index is 4.01. The molecule has 0 saturated heterocycles. The highest BCUT2D eigenvalue weighted by molar-refractivity contribution is 6.11. The second kappa shape index (κ2) is 8.79. The summed E-state index contributed by atoms with van der Waals surface area (Å²) in [4.78, 5) is 3.66.